The first-order valence-corrected chi connectivity index (χ1v) is 7.70. The molecule has 1 aromatic rings. The second-order valence-electron chi connectivity index (χ2n) is 5.89. The first kappa shape index (κ1) is 16.7. The van der Waals surface area contributed by atoms with Gasteiger partial charge in [0.2, 0.25) is 0 Å². The molecular weight excluding hydrogens is 284 g/mol. The van der Waals surface area contributed by atoms with Gasteiger partial charge in [-0.05, 0) is 49.0 Å². The summed E-state index contributed by atoms with van der Waals surface area (Å²) in [7, 11) is 0. The van der Waals surface area contributed by atoms with Crippen LogP contribution in [0, 0.1) is 17.6 Å². The Kier molecular flexibility index (Phi) is 5.72. The van der Waals surface area contributed by atoms with Gasteiger partial charge in [0.05, 0.1) is 5.76 Å². The molecule has 1 aromatic carbocycles. The van der Waals surface area contributed by atoms with E-state index >= 15 is 0 Å². The van der Waals surface area contributed by atoms with Crippen molar-refractivity contribution in [2.24, 2.45) is 5.92 Å². The first-order valence-electron chi connectivity index (χ1n) is 7.70. The predicted molar refractivity (Wildman–Crippen MR) is 84.8 cm³/mol. The van der Waals surface area contributed by atoms with Crippen molar-refractivity contribution in [1.29, 1.82) is 0 Å². The van der Waals surface area contributed by atoms with Crippen LogP contribution in [0.5, 0.6) is 0 Å². The molecule has 0 aromatic heterocycles. The number of allylic oxidation sites excluding steroid dienone is 2. The molecule has 2 nitrogen and oxygen atoms in total. The van der Waals surface area contributed by atoms with E-state index in [-0.39, 0.29) is 5.92 Å². The molecule has 1 heterocycles. The Morgan fingerprint density at radius 1 is 1.41 bits per heavy atom. The van der Waals surface area contributed by atoms with Gasteiger partial charge in [0, 0.05) is 19.0 Å². The minimum atomic E-state index is -0.800. The van der Waals surface area contributed by atoms with Crippen LogP contribution < -0.4 is 5.32 Å². The Hall–Kier alpha value is -1.68. The van der Waals surface area contributed by atoms with Crippen molar-refractivity contribution in [1.82, 2.24) is 5.32 Å². The molecule has 4 heteroatoms. The number of nitrogens with one attached hydrogen (secondary N) is 1. The van der Waals surface area contributed by atoms with Crippen molar-refractivity contribution in [3.05, 3.63) is 59.4 Å². The summed E-state index contributed by atoms with van der Waals surface area (Å²) in [5.41, 5.74) is 0.844. The van der Waals surface area contributed by atoms with Crippen molar-refractivity contribution in [3.63, 3.8) is 0 Å². The number of aliphatic hydroxyl groups is 1. The van der Waals surface area contributed by atoms with E-state index in [2.05, 4.69) is 18.3 Å². The van der Waals surface area contributed by atoms with Crippen LogP contribution in [0.2, 0.25) is 0 Å². The van der Waals surface area contributed by atoms with E-state index < -0.39 is 11.6 Å². The van der Waals surface area contributed by atoms with Gasteiger partial charge >= 0.3 is 0 Å². The summed E-state index contributed by atoms with van der Waals surface area (Å²) >= 11 is 0. The quantitative estimate of drug-likeness (QED) is 0.622. The van der Waals surface area contributed by atoms with E-state index in [1.165, 1.54) is 12.1 Å². The minimum absolute atomic E-state index is 0.208. The van der Waals surface area contributed by atoms with Crippen LogP contribution in [0.1, 0.15) is 38.2 Å². The molecule has 0 bridgehead atoms. The van der Waals surface area contributed by atoms with Crippen molar-refractivity contribution < 1.29 is 13.9 Å². The van der Waals surface area contributed by atoms with Crippen molar-refractivity contribution >= 4 is 0 Å². The zero-order valence-electron chi connectivity index (χ0n) is 13.0. The SMILES string of the molecule is C/C=C(/O)C/C=C\C(C)C1CC(c2ccc(F)c(F)c2)CN1. The number of halogens is 2. The maximum atomic E-state index is 13.3. The molecular formula is C18H23F2NO. The second kappa shape index (κ2) is 7.54. The predicted octanol–water partition coefficient (Wildman–Crippen LogP) is 4.45. The summed E-state index contributed by atoms with van der Waals surface area (Å²) in [5.74, 6) is -0.690. The zero-order valence-corrected chi connectivity index (χ0v) is 13.0. The highest BCUT2D eigenvalue weighted by molar-refractivity contribution is 5.24. The van der Waals surface area contributed by atoms with Gasteiger partial charge < -0.3 is 10.4 Å². The number of benzene rings is 1. The number of hydrogen-bond donors (Lipinski definition) is 2. The molecule has 0 spiro atoms. The van der Waals surface area contributed by atoms with Crippen LogP contribution in [0.4, 0.5) is 8.78 Å². The molecule has 1 fully saturated rings. The second-order valence-corrected chi connectivity index (χ2v) is 5.89. The van der Waals surface area contributed by atoms with Crippen LogP contribution in [-0.4, -0.2) is 17.7 Å². The number of rotatable bonds is 5. The van der Waals surface area contributed by atoms with E-state index in [1.807, 2.05) is 6.08 Å². The summed E-state index contributed by atoms with van der Waals surface area (Å²) in [6, 6.07) is 4.47. The molecule has 2 rings (SSSR count). The van der Waals surface area contributed by atoms with Crippen molar-refractivity contribution in [3.8, 4) is 0 Å². The van der Waals surface area contributed by atoms with Gasteiger partial charge in [-0.25, -0.2) is 8.78 Å². The Bertz CT molecular complexity index is 568. The Morgan fingerprint density at radius 3 is 2.86 bits per heavy atom. The van der Waals surface area contributed by atoms with Crippen LogP contribution in [0.25, 0.3) is 0 Å². The highest BCUT2D eigenvalue weighted by Crippen LogP contribution is 2.30. The Morgan fingerprint density at radius 2 is 2.18 bits per heavy atom. The highest BCUT2D eigenvalue weighted by Gasteiger charge is 2.28. The van der Waals surface area contributed by atoms with E-state index in [4.69, 9.17) is 0 Å². The fourth-order valence-electron chi connectivity index (χ4n) is 2.84. The number of aliphatic hydroxyl groups excluding tert-OH is 1. The number of hydrogen-bond acceptors (Lipinski definition) is 2. The lowest BCUT2D eigenvalue weighted by Crippen LogP contribution is -2.27. The van der Waals surface area contributed by atoms with Gasteiger partial charge in [-0.1, -0.05) is 25.1 Å². The fourth-order valence-corrected chi connectivity index (χ4v) is 2.84. The van der Waals surface area contributed by atoms with Crippen molar-refractivity contribution in [2.75, 3.05) is 6.54 Å². The van der Waals surface area contributed by atoms with Crippen LogP contribution in [0.3, 0.4) is 0 Å². The molecule has 0 saturated carbocycles. The lowest BCUT2D eigenvalue weighted by molar-refractivity contribution is 0.399. The van der Waals surface area contributed by atoms with Gasteiger partial charge in [-0.15, -0.1) is 0 Å². The van der Waals surface area contributed by atoms with E-state index in [0.29, 0.717) is 24.1 Å². The van der Waals surface area contributed by atoms with Gasteiger partial charge in [0.15, 0.2) is 11.6 Å². The molecule has 1 aliphatic heterocycles. The summed E-state index contributed by atoms with van der Waals surface area (Å²) in [6.07, 6.45) is 7.17. The molecule has 22 heavy (non-hydrogen) atoms. The normalized spacial score (nSPS) is 24.1. The maximum Gasteiger partial charge on any atom is 0.159 e. The van der Waals surface area contributed by atoms with Crippen LogP contribution in [0.15, 0.2) is 42.2 Å². The Labute approximate surface area is 130 Å². The third-order valence-electron chi connectivity index (χ3n) is 4.31. The van der Waals surface area contributed by atoms with Crippen LogP contribution >= 0.6 is 0 Å². The van der Waals surface area contributed by atoms with E-state index in [1.54, 1.807) is 19.1 Å². The largest absolute Gasteiger partial charge is 0.512 e. The molecule has 120 valence electrons. The molecule has 1 aliphatic rings. The van der Waals surface area contributed by atoms with E-state index in [0.717, 1.165) is 18.5 Å². The summed E-state index contributed by atoms with van der Waals surface area (Å²) in [6.45, 7) is 4.69. The summed E-state index contributed by atoms with van der Waals surface area (Å²) in [5, 5.41) is 12.8. The van der Waals surface area contributed by atoms with Gasteiger partial charge in [0.25, 0.3) is 0 Å². The minimum Gasteiger partial charge on any atom is -0.512 e. The van der Waals surface area contributed by atoms with E-state index in [9.17, 15) is 13.9 Å². The standard InChI is InChI=1S/C18H23F2NO/c1-3-15(22)6-4-5-12(2)18-10-14(11-21-18)13-7-8-16(19)17(20)9-13/h3-5,7-9,12,14,18,21-22H,6,10-11H2,1-2H3/b5-4-,15-3+. The zero-order chi connectivity index (χ0) is 16.1. The average molecular weight is 307 g/mol. The molecule has 1 saturated heterocycles. The van der Waals surface area contributed by atoms with Gasteiger partial charge in [-0.2, -0.15) is 0 Å². The van der Waals surface area contributed by atoms with Gasteiger partial charge in [0.1, 0.15) is 0 Å². The third kappa shape index (κ3) is 4.17. The molecule has 0 aliphatic carbocycles. The summed E-state index contributed by atoms with van der Waals surface area (Å²) in [4.78, 5) is 0. The lowest BCUT2D eigenvalue weighted by Gasteiger charge is -2.16. The molecule has 3 atom stereocenters. The van der Waals surface area contributed by atoms with Crippen LogP contribution in [-0.2, 0) is 0 Å². The van der Waals surface area contributed by atoms with Crippen molar-refractivity contribution in [2.45, 2.75) is 38.6 Å². The topological polar surface area (TPSA) is 32.3 Å². The molecule has 0 amide bonds. The smallest absolute Gasteiger partial charge is 0.159 e. The summed E-state index contributed by atoms with van der Waals surface area (Å²) < 4.78 is 26.3. The Balaban J connectivity index is 1.93. The monoisotopic (exact) mass is 307 g/mol. The maximum absolute atomic E-state index is 13.3. The lowest BCUT2D eigenvalue weighted by atomic mass is 9.91. The average Bonchev–Trinajstić information content (AvgIpc) is 2.99. The molecule has 3 unspecified atom stereocenters. The van der Waals surface area contributed by atoms with Gasteiger partial charge in [-0.3, -0.25) is 0 Å². The third-order valence-corrected chi connectivity index (χ3v) is 4.31. The fraction of sp³-hybridized carbons (Fsp3) is 0.444. The molecule has 2 N–H and O–H groups in total. The highest BCUT2D eigenvalue weighted by atomic mass is 19.2. The first-order chi connectivity index (χ1) is 10.5. The molecule has 0 radical (unpaired) electrons.